The van der Waals surface area contributed by atoms with Crippen LogP contribution in [0.15, 0.2) is 73.1 Å². The number of aromatic nitrogens is 2. The third kappa shape index (κ3) is 4.48. The van der Waals surface area contributed by atoms with Crippen LogP contribution in [-0.4, -0.2) is 14.7 Å². The highest BCUT2D eigenvalue weighted by Crippen LogP contribution is 2.31. The van der Waals surface area contributed by atoms with E-state index in [9.17, 15) is 18.3 Å². The van der Waals surface area contributed by atoms with Crippen molar-refractivity contribution in [1.82, 2.24) is 9.55 Å². The van der Waals surface area contributed by atoms with Gasteiger partial charge >= 0.3 is 6.18 Å². The quantitative estimate of drug-likeness (QED) is 0.406. The Morgan fingerprint density at radius 2 is 1.84 bits per heavy atom. The first-order valence-corrected chi connectivity index (χ1v) is 9.86. The number of fused-ring (bicyclic) bond motifs is 1. The van der Waals surface area contributed by atoms with Gasteiger partial charge in [-0.2, -0.15) is 13.2 Å². The molecule has 31 heavy (non-hydrogen) atoms. The van der Waals surface area contributed by atoms with Gasteiger partial charge in [0, 0.05) is 42.0 Å². The number of alkyl halides is 3. The van der Waals surface area contributed by atoms with E-state index in [-0.39, 0.29) is 5.75 Å². The van der Waals surface area contributed by atoms with Gasteiger partial charge < -0.3 is 9.67 Å². The first-order chi connectivity index (χ1) is 14.8. The van der Waals surface area contributed by atoms with E-state index < -0.39 is 11.7 Å². The van der Waals surface area contributed by atoms with Crippen molar-refractivity contribution in [2.45, 2.75) is 26.1 Å². The Kier molecular flexibility index (Phi) is 5.55. The molecule has 158 valence electrons. The molecule has 0 unspecified atom stereocenters. The van der Waals surface area contributed by atoms with Gasteiger partial charge in [-0.25, -0.2) is 0 Å². The average Bonchev–Trinajstić information content (AvgIpc) is 2.99. The van der Waals surface area contributed by atoms with Crippen LogP contribution in [0.3, 0.4) is 0 Å². The highest BCUT2D eigenvalue weighted by molar-refractivity contribution is 5.87. The number of nitrogens with zero attached hydrogens (tertiary/aromatic N) is 2. The minimum atomic E-state index is -4.33. The molecule has 0 bridgehead atoms. The van der Waals surface area contributed by atoms with Crippen molar-refractivity contribution < 1.29 is 18.3 Å². The monoisotopic (exact) mass is 422 g/mol. The van der Waals surface area contributed by atoms with Crippen LogP contribution in [-0.2, 0) is 19.1 Å². The predicted octanol–water partition coefficient (Wildman–Crippen LogP) is 6.37. The number of hydrogen-bond acceptors (Lipinski definition) is 2. The minimum absolute atomic E-state index is 0.206. The molecule has 0 aliphatic rings. The zero-order chi connectivity index (χ0) is 22.0. The summed E-state index contributed by atoms with van der Waals surface area (Å²) in [6.45, 7) is 2.59. The number of rotatable bonds is 5. The molecule has 0 spiro atoms. The number of benzene rings is 2. The highest BCUT2D eigenvalue weighted by atomic mass is 19.4. The lowest BCUT2D eigenvalue weighted by atomic mass is 10.0. The molecule has 2 heterocycles. The van der Waals surface area contributed by atoms with Crippen LogP contribution < -0.4 is 0 Å². The Labute approximate surface area is 178 Å². The summed E-state index contributed by atoms with van der Waals surface area (Å²) in [4.78, 5) is 4.18. The van der Waals surface area contributed by atoms with Gasteiger partial charge in [-0.3, -0.25) is 4.98 Å². The summed E-state index contributed by atoms with van der Waals surface area (Å²) in [5, 5.41) is 11.0. The molecule has 6 heteroatoms. The predicted molar refractivity (Wildman–Crippen MR) is 116 cm³/mol. The lowest BCUT2D eigenvalue weighted by Gasteiger charge is -2.07. The van der Waals surface area contributed by atoms with Crippen molar-refractivity contribution >= 4 is 17.0 Å². The summed E-state index contributed by atoms with van der Waals surface area (Å²) in [5.41, 5.74) is 4.30. The third-order valence-corrected chi connectivity index (χ3v) is 5.38. The molecule has 0 fully saturated rings. The van der Waals surface area contributed by atoms with E-state index in [1.807, 2.05) is 43.5 Å². The van der Waals surface area contributed by atoms with Crippen molar-refractivity contribution in [2.75, 3.05) is 0 Å². The minimum Gasteiger partial charge on any atom is -0.508 e. The lowest BCUT2D eigenvalue weighted by Crippen LogP contribution is -2.04. The molecule has 4 aromatic rings. The maximum atomic E-state index is 12.7. The van der Waals surface area contributed by atoms with E-state index in [0.717, 1.165) is 39.9 Å². The molecule has 4 rings (SSSR count). The number of pyridine rings is 1. The third-order valence-electron chi connectivity index (χ3n) is 5.38. The van der Waals surface area contributed by atoms with Crippen molar-refractivity contribution in [3.05, 3.63) is 101 Å². The van der Waals surface area contributed by atoms with Crippen LogP contribution >= 0.6 is 0 Å². The van der Waals surface area contributed by atoms with Crippen LogP contribution in [0.5, 0.6) is 5.75 Å². The van der Waals surface area contributed by atoms with Gasteiger partial charge in [0.15, 0.2) is 0 Å². The maximum absolute atomic E-state index is 12.7. The number of phenols is 1. The van der Waals surface area contributed by atoms with Gasteiger partial charge in [-0.15, -0.1) is 0 Å². The van der Waals surface area contributed by atoms with Crippen molar-refractivity contribution in [1.29, 1.82) is 0 Å². The molecule has 0 radical (unpaired) electrons. The van der Waals surface area contributed by atoms with E-state index in [1.54, 1.807) is 18.3 Å². The standard InChI is InChI=1S/C25H21F3N2O/c1-17-22(14-19-4-2-12-29-16-19)23-15-21(31)10-11-24(23)30(17)13-3-5-18-6-8-20(9-7-18)25(26,27)28/h2-12,15-16,31H,13-14H2,1H3/b5-3+. The molecule has 2 aromatic heterocycles. The number of hydrogen-bond donors (Lipinski definition) is 1. The van der Waals surface area contributed by atoms with E-state index in [2.05, 4.69) is 9.55 Å². The Hall–Kier alpha value is -3.54. The Morgan fingerprint density at radius 1 is 1.06 bits per heavy atom. The van der Waals surface area contributed by atoms with E-state index >= 15 is 0 Å². The van der Waals surface area contributed by atoms with Gasteiger partial charge in [0.25, 0.3) is 0 Å². The largest absolute Gasteiger partial charge is 0.508 e. The first kappa shape index (κ1) is 20.7. The normalized spacial score (nSPS) is 12.1. The highest BCUT2D eigenvalue weighted by Gasteiger charge is 2.29. The second kappa shape index (κ2) is 8.30. The molecule has 0 aliphatic carbocycles. The fourth-order valence-electron chi connectivity index (χ4n) is 3.78. The Morgan fingerprint density at radius 3 is 2.52 bits per heavy atom. The average molecular weight is 422 g/mol. The van der Waals surface area contributed by atoms with Crippen LogP contribution in [0, 0.1) is 6.92 Å². The van der Waals surface area contributed by atoms with Gasteiger partial charge in [-0.05, 0) is 60.0 Å². The first-order valence-electron chi connectivity index (χ1n) is 9.86. The number of phenolic OH excluding ortho intramolecular Hbond substituents is 1. The molecule has 0 saturated carbocycles. The second-order valence-corrected chi connectivity index (χ2v) is 7.44. The molecular weight excluding hydrogens is 401 g/mol. The summed E-state index contributed by atoms with van der Waals surface area (Å²) in [7, 11) is 0. The molecule has 0 amide bonds. The van der Waals surface area contributed by atoms with E-state index in [4.69, 9.17) is 0 Å². The Balaban J connectivity index is 1.63. The van der Waals surface area contributed by atoms with Gasteiger partial charge in [-0.1, -0.05) is 30.4 Å². The number of halogens is 3. The van der Waals surface area contributed by atoms with Gasteiger partial charge in [0.05, 0.1) is 5.56 Å². The maximum Gasteiger partial charge on any atom is 0.416 e. The van der Waals surface area contributed by atoms with Crippen LogP contribution in [0.2, 0.25) is 0 Å². The fourth-order valence-corrected chi connectivity index (χ4v) is 3.78. The molecule has 0 aliphatic heterocycles. The summed E-state index contributed by atoms with van der Waals surface area (Å²) in [5.74, 6) is 0.206. The zero-order valence-corrected chi connectivity index (χ0v) is 16.9. The second-order valence-electron chi connectivity index (χ2n) is 7.44. The topological polar surface area (TPSA) is 38.1 Å². The number of allylic oxidation sites excluding steroid dienone is 1. The lowest BCUT2D eigenvalue weighted by molar-refractivity contribution is -0.137. The number of aromatic hydroxyl groups is 1. The van der Waals surface area contributed by atoms with E-state index in [0.29, 0.717) is 18.5 Å². The smallest absolute Gasteiger partial charge is 0.416 e. The summed E-state index contributed by atoms with van der Waals surface area (Å²) in [6, 6.07) is 14.3. The fraction of sp³-hybridized carbons (Fsp3) is 0.160. The van der Waals surface area contributed by atoms with Crippen molar-refractivity contribution in [3.63, 3.8) is 0 Å². The van der Waals surface area contributed by atoms with Crippen LogP contribution in [0.1, 0.15) is 27.9 Å². The Bertz CT molecular complexity index is 1220. The van der Waals surface area contributed by atoms with E-state index in [1.165, 1.54) is 12.1 Å². The van der Waals surface area contributed by atoms with Crippen LogP contribution in [0.25, 0.3) is 17.0 Å². The zero-order valence-electron chi connectivity index (χ0n) is 16.9. The summed E-state index contributed by atoms with van der Waals surface area (Å²) >= 11 is 0. The van der Waals surface area contributed by atoms with Crippen molar-refractivity contribution in [2.24, 2.45) is 0 Å². The van der Waals surface area contributed by atoms with Gasteiger partial charge in [0.2, 0.25) is 0 Å². The SMILES string of the molecule is Cc1c(Cc2cccnc2)c2cc(O)ccc2n1C/C=C/c1ccc(C(F)(F)F)cc1. The molecule has 1 N–H and O–H groups in total. The molecule has 0 atom stereocenters. The molecule has 3 nitrogen and oxygen atoms in total. The van der Waals surface area contributed by atoms with Crippen LogP contribution in [0.4, 0.5) is 13.2 Å². The van der Waals surface area contributed by atoms with Gasteiger partial charge in [0.1, 0.15) is 5.75 Å². The molecule has 0 saturated heterocycles. The molecular formula is C25H21F3N2O. The van der Waals surface area contributed by atoms with Crippen molar-refractivity contribution in [3.8, 4) is 5.75 Å². The summed E-state index contributed by atoms with van der Waals surface area (Å²) in [6.07, 6.45) is 3.66. The summed E-state index contributed by atoms with van der Waals surface area (Å²) < 4.78 is 40.3. The molecule has 2 aromatic carbocycles.